The van der Waals surface area contributed by atoms with E-state index in [0.29, 0.717) is 0 Å². The first-order valence-electron chi connectivity index (χ1n) is 6.49. The summed E-state index contributed by atoms with van der Waals surface area (Å²) in [6, 6.07) is 0. The minimum Gasteiger partial charge on any atom is -0.447 e. The van der Waals surface area contributed by atoms with E-state index in [4.69, 9.17) is 16.3 Å². The van der Waals surface area contributed by atoms with Crippen molar-refractivity contribution in [3.05, 3.63) is 12.2 Å². The maximum absolute atomic E-state index is 11.4. The SMILES string of the molecule is CCCCCCC/C=C/C(=O)OC(C)(C)C(=O)Cl. The van der Waals surface area contributed by atoms with Crippen LogP contribution in [-0.2, 0) is 14.3 Å². The van der Waals surface area contributed by atoms with E-state index in [2.05, 4.69) is 6.92 Å². The Balaban J connectivity index is 3.78. The third-order valence-electron chi connectivity index (χ3n) is 2.56. The van der Waals surface area contributed by atoms with Crippen molar-refractivity contribution < 1.29 is 14.3 Å². The van der Waals surface area contributed by atoms with Crippen molar-refractivity contribution in [3.8, 4) is 0 Å². The van der Waals surface area contributed by atoms with Gasteiger partial charge in [0.25, 0.3) is 5.24 Å². The van der Waals surface area contributed by atoms with Crippen LogP contribution >= 0.6 is 11.6 Å². The molecular formula is C14H23ClO3. The molecule has 0 aliphatic heterocycles. The Hall–Kier alpha value is -0.830. The molecule has 0 radical (unpaired) electrons. The zero-order valence-electron chi connectivity index (χ0n) is 11.5. The molecule has 0 saturated carbocycles. The standard InChI is InChI=1S/C14H23ClO3/c1-4-5-6-7-8-9-10-11-12(16)18-14(2,3)13(15)17/h10-11H,4-9H2,1-3H3/b11-10+. The highest BCUT2D eigenvalue weighted by Gasteiger charge is 2.29. The van der Waals surface area contributed by atoms with E-state index in [1.807, 2.05) is 0 Å². The molecule has 0 unspecified atom stereocenters. The smallest absolute Gasteiger partial charge is 0.331 e. The van der Waals surface area contributed by atoms with Gasteiger partial charge < -0.3 is 4.74 Å². The van der Waals surface area contributed by atoms with Crippen LogP contribution in [0.15, 0.2) is 12.2 Å². The highest BCUT2D eigenvalue weighted by molar-refractivity contribution is 6.65. The van der Waals surface area contributed by atoms with Gasteiger partial charge in [-0.1, -0.05) is 38.7 Å². The first-order valence-corrected chi connectivity index (χ1v) is 6.87. The number of carbonyl (C=O) groups excluding carboxylic acids is 2. The minimum atomic E-state index is -1.26. The lowest BCUT2D eigenvalue weighted by molar-refractivity contribution is -0.155. The number of rotatable bonds is 9. The molecule has 3 nitrogen and oxygen atoms in total. The lowest BCUT2D eigenvalue weighted by Gasteiger charge is -2.18. The number of ether oxygens (including phenoxy) is 1. The van der Waals surface area contributed by atoms with Crippen molar-refractivity contribution in [2.45, 2.75) is 64.9 Å². The highest BCUT2D eigenvalue weighted by Crippen LogP contribution is 2.13. The van der Waals surface area contributed by atoms with Crippen LogP contribution in [0.4, 0.5) is 0 Å². The number of allylic oxidation sites excluding steroid dienone is 1. The van der Waals surface area contributed by atoms with Crippen molar-refractivity contribution in [1.82, 2.24) is 0 Å². The summed E-state index contributed by atoms with van der Waals surface area (Å²) in [6.07, 6.45) is 9.98. The van der Waals surface area contributed by atoms with Gasteiger partial charge in [0.05, 0.1) is 0 Å². The van der Waals surface area contributed by atoms with Gasteiger partial charge in [-0.2, -0.15) is 0 Å². The first-order chi connectivity index (χ1) is 8.40. The molecule has 0 heterocycles. The highest BCUT2D eigenvalue weighted by atomic mass is 35.5. The zero-order chi connectivity index (χ0) is 14.0. The summed E-state index contributed by atoms with van der Waals surface area (Å²) in [6.45, 7) is 5.12. The van der Waals surface area contributed by atoms with Crippen molar-refractivity contribution in [3.63, 3.8) is 0 Å². The first kappa shape index (κ1) is 17.2. The van der Waals surface area contributed by atoms with Crippen molar-refractivity contribution in [2.24, 2.45) is 0 Å². The minimum absolute atomic E-state index is 0.525. The number of carbonyl (C=O) groups is 2. The summed E-state index contributed by atoms with van der Waals surface area (Å²) in [4.78, 5) is 22.3. The van der Waals surface area contributed by atoms with Crippen LogP contribution in [0.1, 0.15) is 59.3 Å². The molecular weight excluding hydrogens is 252 g/mol. The summed E-state index contributed by atoms with van der Waals surface area (Å²) < 4.78 is 4.94. The van der Waals surface area contributed by atoms with E-state index in [9.17, 15) is 9.59 Å². The number of unbranched alkanes of at least 4 members (excludes halogenated alkanes) is 5. The van der Waals surface area contributed by atoms with Crippen molar-refractivity contribution in [1.29, 1.82) is 0 Å². The van der Waals surface area contributed by atoms with Crippen molar-refractivity contribution in [2.75, 3.05) is 0 Å². The van der Waals surface area contributed by atoms with Crippen LogP contribution in [0.2, 0.25) is 0 Å². The molecule has 0 amide bonds. The van der Waals surface area contributed by atoms with E-state index >= 15 is 0 Å². The molecule has 0 aromatic carbocycles. The Labute approximate surface area is 115 Å². The average Bonchev–Trinajstić information content (AvgIpc) is 2.27. The van der Waals surface area contributed by atoms with E-state index in [1.165, 1.54) is 45.6 Å². The fourth-order valence-corrected chi connectivity index (χ4v) is 1.41. The van der Waals surface area contributed by atoms with Gasteiger partial charge in [0, 0.05) is 6.08 Å². The van der Waals surface area contributed by atoms with Gasteiger partial charge in [0.1, 0.15) is 0 Å². The van der Waals surface area contributed by atoms with Gasteiger partial charge >= 0.3 is 5.97 Å². The molecule has 0 spiro atoms. The zero-order valence-corrected chi connectivity index (χ0v) is 12.3. The summed E-state index contributed by atoms with van der Waals surface area (Å²) in [5, 5.41) is -0.677. The Morgan fingerprint density at radius 3 is 2.33 bits per heavy atom. The van der Waals surface area contributed by atoms with Crippen LogP contribution in [0.5, 0.6) is 0 Å². The summed E-state index contributed by atoms with van der Waals surface area (Å²) in [5.74, 6) is -0.525. The quantitative estimate of drug-likeness (QED) is 0.276. The summed E-state index contributed by atoms with van der Waals surface area (Å²) >= 11 is 5.31. The third-order valence-corrected chi connectivity index (χ3v) is 3.01. The second kappa shape index (κ2) is 9.15. The largest absolute Gasteiger partial charge is 0.447 e. The fraction of sp³-hybridized carbons (Fsp3) is 0.714. The Bertz CT molecular complexity index is 295. The summed E-state index contributed by atoms with van der Waals surface area (Å²) in [7, 11) is 0. The summed E-state index contributed by atoms with van der Waals surface area (Å²) in [5.41, 5.74) is -1.26. The second-order valence-electron chi connectivity index (χ2n) is 4.81. The molecule has 0 fully saturated rings. The molecule has 18 heavy (non-hydrogen) atoms. The van der Waals surface area contributed by atoms with Gasteiger partial charge in [-0.05, 0) is 38.3 Å². The maximum atomic E-state index is 11.4. The molecule has 0 saturated heterocycles. The molecule has 0 aliphatic carbocycles. The lowest BCUT2D eigenvalue weighted by atomic mass is 10.1. The number of hydrogen-bond acceptors (Lipinski definition) is 3. The normalized spacial score (nSPS) is 11.8. The molecule has 0 aromatic rings. The Morgan fingerprint density at radius 2 is 1.78 bits per heavy atom. The van der Waals surface area contributed by atoms with Crippen LogP contribution < -0.4 is 0 Å². The van der Waals surface area contributed by atoms with Gasteiger partial charge in [0.2, 0.25) is 0 Å². The predicted molar refractivity (Wildman–Crippen MR) is 73.5 cm³/mol. The fourth-order valence-electron chi connectivity index (χ4n) is 1.37. The number of esters is 1. The Morgan fingerprint density at radius 1 is 1.17 bits per heavy atom. The maximum Gasteiger partial charge on any atom is 0.331 e. The topological polar surface area (TPSA) is 43.4 Å². The van der Waals surface area contributed by atoms with Crippen LogP contribution in [-0.4, -0.2) is 16.8 Å². The lowest BCUT2D eigenvalue weighted by Crippen LogP contribution is -2.33. The predicted octanol–water partition coefficient (Wildman–Crippen LogP) is 3.99. The van der Waals surface area contributed by atoms with E-state index < -0.39 is 16.8 Å². The molecule has 0 atom stereocenters. The monoisotopic (exact) mass is 274 g/mol. The number of halogens is 1. The Kier molecular flexibility index (Phi) is 8.73. The van der Waals surface area contributed by atoms with Gasteiger partial charge in [0.15, 0.2) is 5.60 Å². The average molecular weight is 275 g/mol. The van der Waals surface area contributed by atoms with Crippen LogP contribution in [0.3, 0.4) is 0 Å². The van der Waals surface area contributed by atoms with E-state index in [0.717, 1.165) is 12.8 Å². The van der Waals surface area contributed by atoms with Gasteiger partial charge in [-0.15, -0.1) is 0 Å². The second-order valence-corrected chi connectivity index (χ2v) is 5.15. The van der Waals surface area contributed by atoms with Gasteiger partial charge in [-0.25, -0.2) is 4.79 Å². The number of hydrogen-bond donors (Lipinski definition) is 0. The molecule has 0 bridgehead atoms. The van der Waals surface area contributed by atoms with E-state index in [1.54, 1.807) is 6.08 Å². The molecule has 104 valence electrons. The van der Waals surface area contributed by atoms with Crippen molar-refractivity contribution >= 4 is 22.8 Å². The molecule has 0 rings (SSSR count). The molecule has 0 aliphatic rings. The van der Waals surface area contributed by atoms with Crippen LogP contribution in [0.25, 0.3) is 0 Å². The third kappa shape index (κ3) is 8.29. The van der Waals surface area contributed by atoms with Crippen LogP contribution in [0, 0.1) is 0 Å². The molecule has 4 heteroatoms. The van der Waals surface area contributed by atoms with Gasteiger partial charge in [-0.3, -0.25) is 4.79 Å². The van der Waals surface area contributed by atoms with E-state index in [-0.39, 0.29) is 0 Å². The molecule has 0 aromatic heterocycles. The molecule has 0 N–H and O–H groups in total.